The van der Waals surface area contributed by atoms with Crippen LogP contribution in [-0.2, 0) is 0 Å². The number of nitrogens with zero attached hydrogens (tertiary/aromatic N) is 1. The molecule has 1 N–H and O–H groups in total. The van der Waals surface area contributed by atoms with E-state index in [-0.39, 0.29) is 6.04 Å². The van der Waals surface area contributed by atoms with Crippen LogP contribution in [-0.4, -0.2) is 4.98 Å². The first kappa shape index (κ1) is 13.2. The molecule has 2 aromatic rings. The molecular formula is C15H17BrN2. The summed E-state index contributed by atoms with van der Waals surface area (Å²) in [6.45, 7) is 4.34. The second-order valence-electron chi connectivity index (χ2n) is 4.45. The molecule has 0 radical (unpaired) electrons. The molecule has 2 rings (SSSR count). The summed E-state index contributed by atoms with van der Waals surface area (Å²) in [5.41, 5.74) is 2.50. The second-order valence-corrected chi connectivity index (χ2v) is 5.36. The van der Waals surface area contributed by atoms with Crippen molar-refractivity contribution in [1.82, 2.24) is 10.3 Å². The van der Waals surface area contributed by atoms with E-state index < -0.39 is 0 Å². The molecule has 3 heteroatoms. The minimum absolute atomic E-state index is 0.289. The molecule has 2 atom stereocenters. The lowest BCUT2D eigenvalue weighted by molar-refractivity contribution is 0.493. The third-order valence-electron chi connectivity index (χ3n) is 3.05. The van der Waals surface area contributed by atoms with Gasteiger partial charge in [0, 0.05) is 29.0 Å². The Morgan fingerprint density at radius 2 is 1.67 bits per heavy atom. The Balaban J connectivity index is 2.03. The van der Waals surface area contributed by atoms with Crippen molar-refractivity contribution in [1.29, 1.82) is 0 Å². The number of pyridine rings is 1. The van der Waals surface area contributed by atoms with Crippen LogP contribution in [0.2, 0.25) is 0 Å². The molecule has 0 aliphatic rings. The second kappa shape index (κ2) is 6.12. The summed E-state index contributed by atoms with van der Waals surface area (Å²) in [7, 11) is 0. The third-order valence-corrected chi connectivity index (χ3v) is 3.58. The van der Waals surface area contributed by atoms with Crippen LogP contribution in [0.4, 0.5) is 0 Å². The van der Waals surface area contributed by atoms with Crippen molar-refractivity contribution in [3.05, 3.63) is 64.4 Å². The standard InChI is InChI=1S/C15H17BrN2/c1-11(13-5-7-15(16)8-6-13)18-12(2)14-4-3-9-17-10-14/h3-12,18H,1-2H3/t11?,12-/m1/s1. The normalized spacial score (nSPS) is 14.2. The van der Waals surface area contributed by atoms with Crippen LogP contribution in [0.15, 0.2) is 53.3 Å². The van der Waals surface area contributed by atoms with Crippen molar-refractivity contribution in [2.45, 2.75) is 25.9 Å². The molecule has 94 valence electrons. The van der Waals surface area contributed by atoms with Crippen LogP contribution in [0.1, 0.15) is 37.1 Å². The van der Waals surface area contributed by atoms with Gasteiger partial charge in [-0.1, -0.05) is 34.1 Å². The number of rotatable bonds is 4. The zero-order valence-electron chi connectivity index (χ0n) is 10.6. The van der Waals surface area contributed by atoms with Crippen LogP contribution in [0, 0.1) is 0 Å². The predicted octanol–water partition coefficient (Wildman–Crippen LogP) is 4.26. The Morgan fingerprint density at radius 1 is 1.00 bits per heavy atom. The highest BCUT2D eigenvalue weighted by Gasteiger charge is 2.10. The molecule has 2 nitrogen and oxygen atoms in total. The zero-order valence-corrected chi connectivity index (χ0v) is 12.2. The maximum atomic E-state index is 4.15. The largest absolute Gasteiger partial charge is 0.304 e. The number of halogens is 1. The molecule has 0 spiro atoms. The molecule has 0 saturated carbocycles. The summed E-state index contributed by atoms with van der Waals surface area (Å²) in [5.74, 6) is 0. The Morgan fingerprint density at radius 3 is 2.28 bits per heavy atom. The van der Waals surface area contributed by atoms with Crippen molar-refractivity contribution < 1.29 is 0 Å². The topological polar surface area (TPSA) is 24.9 Å². The summed E-state index contributed by atoms with van der Waals surface area (Å²) in [6.07, 6.45) is 3.71. The molecule has 18 heavy (non-hydrogen) atoms. The number of benzene rings is 1. The van der Waals surface area contributed by atoms with Crippen molar-refractivity contribution in [2.75, 3.05) is 0 Å². The van der Waals surface area contributed by atoms with Gasteiger partial charge in [0.25, 0.3) is 0 Å². The highest BCUT2D eigenvalue weighted by molar-refractivity contribution is 9.10. The molecular weight excluding hydrogens is 288 g/mol. The molecule has 1 aromatic heterocycles. The van der Waals surface area contributed by atoms with Gasteiger partial charge in [0.05, 0.1) is 0 Å². The van der Waals surface area contributed by atoms with Gasteiger partial charge in [-0.25, -0.2) is 0 Å². The van der Waals surface area contributed by atoms with Crippen LogP contribution < -0.4 is 5.32 Å². The number of nitrogens with one attached hydrogen (secondary N) is 1. The predicted molar refractivity (Wildman–Crippen MR) is 78.3 cm³/mol. The molecule has 0 aliphatic heterocycles. The van der Waals surface area contributed by atoms with E-state index in [1.165, 1.54) is 11.1 Å². The summed E-state index contributed by atoms with van der Waals surface area (Å²) < 4.78 is 1.11. The van der Waals surface area contributed by atoms with Gasteiger partial charge in [-0.15, -0.1) is 0 Å². The molecule has 0 fully saturated rings. The highest BCUT2D eigenvalue weighted by Crippen LogP contribution is 2.20. The molecule has 0 saturated heterocycles. The quantitative estimate of drug-likeness (QED) is 0.913. The van der Waals surface area contributed by atoms with Crippen LogP contribution in [0.5, 0.6) is 0 Å². The lowest BCUT2D eigenvalue weighted by atomic mass is 10.1. The van der Waals surface area contributed by atoms with E-state index >= 15 is 0 Å². The summed E-state index contributed by atoms with van der Waals surface area (Å²) in [4.78, 5) is 4.15. The van der Waals surface area contributed by atoms with Gasteiger partial charge in [0.1, 0.15) is 0 Å². The molecule has 0 aliphatic carbocycles. The molecule has 1 aromatic carbocycles. The maximum Gasteiger partial charge on any atom is 0.0315 e. The van der Waals surface area contributed by atoms with Gasteiger partial charge in [-0.05, 0) is 43.2 Å². The van der Waals surface area contributed by atoms with Gasteiger partial charge in [0.15, 0.2) is 0 Å². The van der Waals surface area contributed by atoms with Crippen molar-refractivity contribution in [2.24, 2.45) is 0 Å². The van der Waals surface area contributed by atoms with E-state index in [2.05, 4.69) is 70.4 Å². The highest BCUT2D eigenvalue weighted by atomic mass is 79.9. The minimum Gasteiger partial charge on any atom is -0.304 e. The molecule has 1 heterocycles. The molecule has 1 unspecified atom stereocenters. The van der Waals surface area contributed by atoms with Crippen molar-refractivity contribution in [3.8, 4) is 0 Å². The van der Waals surface area contributed by atoms with Crippen LogP contribution >= 0.6 is 15.9 Å². The first-order valence-corrected chi connectivity index (χ1v) is 6.87. The van der Waals surface area contributed by atoms with E-state index in [1.807, 2.05) is 12.3 Å². The van der Waals surface area contributed by atoms with E-state index in [4.69, 9.17) is 0 Å². The Hall–Kier alpha value is -1.19. The van der Waals surface area contributed by atoms with E-state index in [0.717, 1.165) is 4.47 Å². The SMILES string of the molecule is CC(N[C@H](C)c1cccnc1)c1ccc(Br)cc1. The number of hydrogen-bond donors (Lipinski definition) is 1. The van der Waals surface area contributed by atoms with Crippen LogP contribution in [0.3, 0.4) is 0 Å². The third kappa shape index (κ3) is 3.40. The smallest absolute Gasteiger partial charge is 0.0315 e. The monoisotopic (exact) mass is 304 g/mol. The zero-order chi connectivity index (χ0) is 13.0. The van der Waals surface area contributed by atoms with E-state index in [0.29, 0.717) is 6.04 Å². The van der Waals surface area contributed by atoms with Crippen LogP contribution in [0.25, 0.3) is 0 Å². The van der Waals surface area contributed by atoms with Crippen molar-refractivity contribution >= 4 is 15.9 Å². The summed E-state index contributed by atoms with van der Waals surface area (Å²) >= 11 is 3.45. The summed E-state index contributed by atoms with van der Waals surface area (Å²) in [5, 5.41) is 3.58. The lowest BCUT2D eigenvalue weighted by Gasteiger charge is -2.20. The number of hydrogen-bond acceptors (Lipinski definition) is 2. The average Bonchev–Trinajstić information content (AvgIpc) is 2.40. The molecule has 0 amide bonds. The lowest BCUT2D eigenvalue weighted by Crippen LogP contribution is -2.22. The number of aromatic nitrogens is 1. The fourth-order valence-electron chi connectivity index (χ4n) is 1.95. The van der Waals surface area contributed by atoms with Gasteiger partial charge < -0.3 is 5.32 Å². The molecule has 0 bridgehead atoms. The van der Waals surface area contributed by atoms with E-state index in [1.54, 1.807) is 6.20 Å². The fraction of sp³-hybridized carbons (Fsp3) is 0.267. The fourth-order valence-corrected chi connectivity index (χ4v) is 2.22. The first-order chi connectivity index (χ1) is 8.66. The summed E-state index contributed by atoms with van der Waals surface area (Å²) in [6, 6.07) is 13.1. The minimum atomic E-state index is 0.289. The van der Waals surface area contributed by atoms with Gasteiger partial charge in [-0.3, -0.25) is 4.98 Å². The average molecular weight is 305 g/mol. The van der Waals surface area contributed by atoms with Crippen molar-refractivity contribution in [3.63, 3.8) is 0 Å². The van der Waals surface area contributed by atoms with Gasteiger partial charge in [0.2, 0.25) is 0 Å². The van der Waals surface area contributed by atoms with E-state index in [9.17, 15) is 0 Å². The van der Waals surface area contributed by atoms with Gasteiger partial charge in [-0.2, -0.15) is 0 Å². The maximum absolute atomic E-state index is 4.15. The first-order valence-electron chi connectivity index (χ1n) is 6.08. The Bertz CT molecular complexity index is 482. The van der Waals surface area contributed by atoms with Gasteiger partial charge >= 0.3 is 0 Å². The Kier molecular flexibility index (Phi) is 4.50. The Labute approximate surface area is 117 Å².